The number of aromatic nitrogens is 2. The predicted octanol–water partition coefficient (Wildman–Crippen LogP) is 2.07. The minimum absolute atomic E-state index is 0.233. The Hall–Kier alpha value is -1.93. The molecule has 0 bridgehead atoms. The van der Waals surface area contributed by atoms with Crippen LogP contribution < -0.4 is 10.6 Å². The molecule has 0 saturated carbocycles. The van der Waals surface area contributed by atoms with Crippen molar-refractivity contribution >= 4 is 33.7 Å². The maximum Gasteiger partial charge on any atom is 0.160 e. The highest BCUT2D eigenvalue weighted by atomic mass is 79.9. The second-order valence-electron chi connectivity index (χ2n) is 6.17. The lowest BCUT2D eigenvalue weighted by atomic mass is 10.2. The zero-order valence-electron chi connectivity index (χ0n) is 14.0. The Morgan fingerprint density at radius 2 is 1.92 bits per heavy atom. The summed E-state index contributed by atoms with van der Waals surface area (Å²) in [5.41, 5.74) is 7.73. The van der Waals surface area contributed by atoms with Crippen molar-refractivity contribution in [2.75, 3.05) is 36.8 Å². The highest BCUT2D eigenvalue weighted by Crippen LogP contribution is 2.23. The highest BCUT2D eigenvalue weighted by molar-refractivity contribution is 9.10. The van der Waals surface area contributed by atoms with Crippen molar-refractivity contribution in [2.24, 2.45) is 0 Å². The third-order valence-corrected chi connectivity index (χ3v) is 5.63. The number of halogens is 2. The summed E-state index contributed by atoms with van der Waals surface area (Å²) >= 11 is 3.40. The molecule has 0 amide bonds. The molecule has 1 aromatic carbocycles. The maximum absolute atomic E-state index is 13.1. The van der Waals surface area contributed by atoms with E-state index < -0.39 is 0 Å². The van der Waals surface area contributed by atoms with Crippen LogP contribution in [0.1, 0.15) is 5.69 Å². The molecule has 1 fully saturated rings. The minimum atomic E-state index is -0.250. The Bertz CT molecular complexity index is 740. The van der Waals surface area contributed by atoms with E-state index in [2.05, 4.69) is 30.8 Å². The molecule has 0 radical (unpaired) electrons. The Morgan fingerprint density at radius 1 is 1.28 bits per heavy atom. The summed E-state index contributed by atoms with van der Waals surface area (Å²) in [5.74, 6) is 0.201. The fourth-order valence-corrected chi connectivity index (χ4v) is 3.39. The van der Waals surface area contributed by atoms with Gasteiger partial charge in [0.1, 0.15) is 12.1 Å². The summed E-state index contributed by atoms with van der Waals surface area (Å²) in [7, 11) is 0. The number of piperazine rings is 1. The van der Waals surface area contributed by atoms with Crippen LogP contribution in [-0.2, 0) is 11.3 Å². The van der Waals surface area contributed by atoms with Gasteiger partial charge in [-0.15, -0.1) is 0 Å². The van der Waals surface area contributed by atoms with Gasteiger partial charge in [0.05, 0.1) is 22.8 Å². The van der Waals surface area contributed by atoms with Crippen LogP contribution in [0.2, 0.25) is 0 Å². The molecular formula is C17H21BrFN5O. The van der Waals surface area contributed by atoms with Crippen LogP contribution in [-0.4, -0.2) is 53.2 Å². The van der Waals surface area contributed by atoms with E-state index in [1.165, 1.54) is 12.1 Å². The first-order valence-corrected chi connectivity index (χ1v) is 8.97. The van der Waals surface area contributed by atoms with Crippen molar-refractivity contribution in [2.45, 2.75) is 19.5 Å². The van der Waals surface area contributed by atoms with Gasteiger partial charge in [-0.05, 0) is 47.1 Å². The van der Waals surface area contributed by atoms with Crippen LogP contribution in [0, 0.1) is 12.7 Å². The summed E-state index contributed by atoms with van der Waals surface area (Å²) in [5, 5.41) is 4.28. The number of carbonyl (C=O) groups is 1. The summed E-state index contributed by atoms with van der Waals surface area (Å²) in [6.07, 6.45) is 0.971. The van der Waals surface area contributed by atoms with Crippen molar-refractivity contribution in [1.29, 1.82) is 0 Å². The van der Waals surface area contributed by atoms with E-state index in [1.807, 2.05) is 6.92 Å². The fourth-order valence-electron chi connectivity index (χ4n) is 3.11. The molecule has 1 unspecified atom stereocenters. The van der Waals surface area contributed by atoms with E-state index in [0.717, 1.165) is 48.3 Å². The number of aldehydes is 1. The molecule has 2 aromatic rings. The number of hydrogen-bond donors (Lipinski definition) is 1. The van der Waals surface area contributed by atoms with E-state index in [1.54, 1.807) is 16.8 Å². The first-order chi connectivity index (χ1) is 12.0. The molecule has 0 aliphatic carbocycles. The minimum Gasteiger partial charge on any atom is -0.381 e. The Labute approximate surface area is 154 Å². The number of nitrogens with zero attached hydrogens (tertiary/aromatic N) is 4. The molecule has 1 aromatic heterocycles. The molecule has 0 spiro atoms. The smallest absolute Gasteiger partial charge is 0.160 e. The van der Waals surface area contributed by atoms with Crippen LogP contribution >= 0.6 is 15.9 Å². The molecular weight excluding hydrogens is 389 g/mol. The van der Waals surface area contributed by atoms with Gasteiger partial charge in [0.15, 0.2) is 5.82 Å². The normalized spacial score (nSPS) is 16.8. The number of anilines is 2. The third-order valence-electron chi connectivity index (χ3n) is 4.65. The molecule has 1 aliphatic rings. The molecule has 134 valence electrons. The van der Waals surface area contributed by atoms with Crippen molar-refractivity contribution in [1.82, 2.24) is 14.7 Å². The van der Waals surface area contributed by atoms with Gasteiger partial charge in [0, 0.05) is 31.9 Å². The molecule has 2 heterocycles. The lowest BCUT2D eigenvalue weighted by molar-refractivity contribution is -0.113. The third kappa shape index (κ3) is 3.85. The van der Waals surface area contributed by atoms with Gasteiger partial charge in [0.2, 0.25) is 0 Å². The van der Waals surface area contributed by atoms with Gasteiger partial charge in [-0.25, -0.2) is 4.39 Å². The summed E-state index contributed by atoms with van der Waals surface area (Å²) in [6.45, 7) is 5.50. The van der Waals surface area contributed by atoms with Gasteiger partial charge < -0.3 is 15.4 Å². The van der Waals surface area contributed by atoms with Gasteiger partial charge in [-0.3, -0.25) is 9.58 Å². The average Bonchev–Trinajstić information content (AvgIpc) is 2.87. The molecule has 1 aliphatic heterocycles. The zero-order valence-corrected chi connectivity index (χ0v) is 15.6. The monoisotopic (exact) mass is 409 g/mol. The summed E-state index contributed by atoms with van der Waals surface area (Å²) < 4.78 is 15.6. The number of nitrogens with two attached hydrogens (primary N) is 1. The molecule has 25 heavy (non-hydrogen) atoms. The number of hydrogen-bond acceptors (Lipinski definition) is 5. The molecule has 3 rings (SSSR count). The van der Waals surface area contributed by atoms with Crippen molar-refractivity contribution < 1.29 is 9.18 Å². The topological polar surface area (TPSA) is 67.4 Å². The average molecular weight is 410 g/mol. The number of rotatable bonds is 5. The van der Waals surface area contributed by atoms with Crippen LogP contribution in [0.3, 0.4) is 0 Å². The SMILES string of the molecule is Cc1c(Br)c(N)nn1CC(C=O)N1CCN(c2ccc(F)cc2)CC1. The molecule has 8 heteroatoms. The van der Waals surface area contributed by atoms with E-state index in [4.69, 9.17) is 5.73 Å². The highest BCUT2D eigenvalue weighted by Gasteiger charge is 2.25. The molecule has 2 N–H and O–H groups in total. The number of nitrogen functional groups attached to an aromatic ring is 1. The van der Waals surface area contributed by atoms with Crippen LogP contribution in [0.15, 0.2) is 28.7 Å². The molecule has 1 atom stereocenters. The van der Waals surface area contributed by atoms with Crippen LogP contribution in [0.5, 0.6) is 0 Å². The van der Waals surface area contributed by atoms with E-state index >= 15 is 0 Å². The number of carbonyl (C=O) groups excluding carboxylic acids is 1. The lowest BCUT2D eigenvalue weighted by Crippen LogP contribution is -2.52. The second kappa shape index (κ2) is 7.53. The lowest BCUT2D eigenvalue weighted by Gasteiger charge is -2.38. The van der Waals surface area contributed by atoms with Crippen molar-refractivity contribution in [3.63, 3.8) is 0 Å². The largest absolute Gasteiger partial charge is 0.381 e. The second-order valence-corrected chi connectivity index (χ2v) is 6.96. The molecule has 6 nitrogen and oxygen atoms in total. The van der Waals surface area contributed by atoms with Gasteiger partial charge >= 0.3 is 0 Å². The van der Waals surface area contributed by atoms with Gasteiger partial charge in [-0.2, -0.15) is 5.10 Å². The van der Waals surface area contributed by atoms with E-state index in [-0.39, 0.29) is 11.9 Å². The van der Waals surface area contributed by atoms with Gasteiger partial charge in [0.25, 0.3) is 0 Å². The fraction of sp³-hybridized carbons (Fsp3) is 0.412. The van der Waals surface area contributed by atoms with Gasteiger partial charge in [-0.1, -0.05) is 0 Å². The van der Waals surface area contributed by atoms with E-state index in [9.17, 15) is 9.18 Å². The first kappa shape index (κ1) is 17.9. The Morgan fingerprint density at radius 3 is 2.44 bits per heavy atom. The van der Waals surface area contributed by atoms with Crippen molar-refractivity contribution in [3.05, 3.63) is 40.2 Å². The summed E-state index contributed by atoms with van der Waals surface area (Å²) in [4.78, 5) is 16.0. The quantitative estimate of drug-likeness (QED) is 0.765. The first-order valence-electron chi connectivity index (χ1n) is 8.18. The predicted molar refractivity (Wildman–Crippen MR) is 99.1 cm³/mol. The number of benzene rings is 1. The van der Waals surface area contributed by atoms with Crippen LogP contribution in [0.4, 0.5) is 15.9 Å². The standard InChI is InChI=1S/C17H21BrFN5O/c1-12-16(18)17(20)21-24(12)10-15(11-25)23-8-6-22(7-9-23)14-4-2-13(19)3-5-14/h2-5,11,15H,6-10H2,1H3,(H2,20,21). The summed E-state index contributed by atoms with van der Waals surface area (Å²) in [6, 6.07) is 6.27. The van der Waals surface area contributed by atoms with Crippen molar-refractivity contribution in [3.8, 4) is 0 Å². The van der Waals surface area contributed by atoms with E-state index in [0.29, 0.717) is 12.4 Å². The Balaban J connectivity index is 1.63. The van der Waals surface area contributed by atoms with Crippen LogP contribution in [0.25, 0.3) is 0 Å². The zero-order chi connectivity index (χ0) is 18.0. The Kier molecular flexibility index (Phi) is 5.39. The maximum atomic E-state index is 13.1. The molecule has 1 saturated heterocycles.